The molecule has 0 aliphatic carbocycles. The Labute approximate surface area is 174 Å². The molecular formula is C23H25NO4S. The number of aliphatic carboxylic acids is 1. The van der Waals surface area contributed by atoms with E-state index in [1.807, 2.05) is 18.2 Å². The zero-order valence-corrected chi connectivity index (χ0v) is 17.4. The predicted molar refractivity (Wildman–Crippen MR) is 115 cm³/mol. The second-order valence-electron chi connectivity index (χ2n) is 7.34. The fourth-order valence-electron chi connectivity index (χ4n) is 4.34. The number of methoxy groups -OCH3 is 2. The van der Waals surface area contributed by atoms with E-state index in [1.54, 1.807) is 25.6 Å². The number of fused-ring (bicyclic) bond motifs is 1. The number of piperidine rings is 1. The van der Waals surface area contributed by atoms with E-state index < -0.39 is 5.97 Å². The minimum Gasteiger partial charge on any atom is -0.493 e. The third kappa shape index (κ3) is 3.70. The van der Waals surface area contributed by atoms with Gasteiger partial charge >= 0.3 is 5.97 Å². The van der Waals surface area contributed by atoms with Gasteiger partial charge in [0.1, 0.15) is 0 Å². The summed E-state index contributed by atoms with van der Waals surface area (Å²) in [5.74, 6) is 0.308. The Kier molecular flexibility index (Phi) is 5.74. The molecule has 0 radical (unpaired) electrons. The largest absolute Gasteiger partial charge is 0.493 e. The average molecular weight is 412 g/mol. The van der Waals surface area contributed by atoms with Crippen LogP contribution in [0.15, 0.2) is 47.8 Å². The van der Waals surface area contributed by atoms with Gasteiger partial charge in [0, 0.05) is 16.8 Å². The van der Waals surface area contributed by atoms with Crippen LogP contribution in [0.25, 0.3) is 10.1 Å². The van der Waals surface area contributed by atoms with Crippen LogP contribution in [-0.2, 0) is 4.79 Å². The van der Waals surface area contributed by atoms with E-state index in [0.29, 0.717) is 18.0 Å². The van der Waals surface area contributed by atoms with Gasteiger partial charge < -0.3 is 14.6 Å². The van der Waals surface area contributed by atoms with Crippen molar-refractivity contribution < 1.29 is 19.4 Å². The number of benzene rings is 2. The first-order valence-electron chi connectivity index (χ1n) is 9.78. The summed E-state index contributed by atoms with van der Waals surface area (Å²) >= 11 is 1.72. The summed E-state index contributed by atoms with van der Waals surface area (Å²) in [6.45, 7) is 1.36. The van der Waals surface area contributed by atoms with Crippen molar-refractivity contribution in [3.05, 3.63) is 59.0 Å². The van der Waals surface area contributed by atoms with Gasteiger partial charge in [-0.05, 0) is 47.8 Å². The van der Waals surface area contributed by atoms with Crippen LogP contribution in [0.4, 0.5) is 0 Å². The molecule has 6 heteroatoms. The highest BCUT2D eigenvalue weighted by atomic mass is 32.1. The molecule has 5 nitrogen and oxygen atoms in total. The fourth-order valence-corrected chi connectivity index (χ4v) is 5.32. The quantitative estimate of drug-likeness (QED) is 0.631. The molecule has 0 bridgehead atoms. The third-order valence-corrected chi connectivity index (χ3v) is 6.68. The van der Waals surface area contributed by atoms with Crippen LogP contribution in [0.1, 0.15) is 30.0 Å². The van der Waals surface area contributed by atoms with E-state index in [-0.39, 0.29) is 12.0 Å². The Bertz CT molecular complexity index is 1020. The Morgan fingerprint density at radius 3 is 2.72 bits per heavy atom. The topological polar surface area (TPSA) is 59.0 Å². The summed E-state index contributed by atoms with van der Waals surface area (Å²) < 4.78 is 12.5. The molecule has 152 valence electrons. The highest BCUT2D eigenvalue weighted by molar-refractivity contribution is 7.17. The molecule has 29 heavy (non-hydrogen) atoms. The van der Waals surface area contributed by atoms with Crippen LogP contribution in [0.2, 0.25) is 0 Å². The summed E-state index contributed by atoms with van der Waals surface area (Å²) in [5, 5.41) is 13.0. The average Bonchev–Trinajstić information content (AvgIpc) is 3.18. The van der Waals surface area contributed by atoms with Gasteiger partial charge in [-0.15, -0.1) is 11.3 Å². The number of hydrogen-bond acceptors (Lipinski definition) is 5. The van der Waals surface area contributed by atoms with Crippen molar-refractivity contribution in [2.75, 3.05) is 27.3 Å². The summed E-state index contributed by atoms with van der Waals surface area (Å²) in [7, 11) is 3.29. The van der Waals surface area contributed by atoms with E-state index in [1.165, 1.54) is 15.6 Å². The molecule has 0 spiro atoms. The molecule has 3 aromatic rings. The van der Waals surface area contributed by atoms with Gasteiger partial charge in [0.15, 0.2) is 11.5 Å². The van der Waals surface area contributed by atoms with Crippen LogP contribution >= 0.6 is 11.3 Å². The minimum absolute atomic E-state index is 0.0988. The monoisotopic (exact) mass is 411 g/mol. The maximum Gasteiger partial charge on any atom is 0.307 e. The van der Waals surface area contributed by atoms with Crippen molar-refractivity contribution in [3.63, 3.8) is 0 Å². The van der Waals surface area contributed by atoms with Gasteiger partial charge in [0.25, 0.3) is 0 Å². The summed E-state index contributed by atoms with van der Waals surface area (Å²) in [4.78, 5) is 14.0. The van der Waals surface area contributed by atoms with Crippen LogP contribution < -0.4 is 9.47 Å². The van der Waals surface area contributed by atoms with Crippen LogP contribution in [-0.4, -0.2) is 43.3 Å². The van der Waals surface area contributed by atoms with Crippen molar-refractivity contribution in [1.29, 1.82) is 0 Å². The van der Waals surface area contributed by atoms with Crippen molar-refractivity contribution in [1.82, 2.24) is 4.90 Å². The molecule has 1 aliphatic rings. The van der Waals surface area contributed by atoms with Gasteiger partial charge in [-0.3, -0.25) is 9.69 Å². The van der Waals surface area contributed by atoms with Gasteiger partial charge in [0.05, 0.1) is 26.2 Å². The SMILES string of the molecule is COc1cccc(C(c2csc3ccccc23)N2CCCC(C(=O)O)C2)c1OC. The smallest absolute Gasteiger partial charge is 0.307 e. The lowest BCUT2D eigenvalue weighted by molar-refractivity contribution is -0.143. The Morgan fingerprint density at radius 1 is 1.14 bits per heavy atom. The standard InChI is InChI=1S/C23H25NO4S/c1-27-19-10-5-9-17(22(19)28-2)21(24-12-6-7-15(13-24)23(25)26)18-14-29-20-11-4-3-8-16(18)20/h3-5,8-11,14-15,21H,6-7,12-13H2,1-2H3,(H,25,26). The summed E-state index contributed by atoms with van der Waals surface area (Å²) in [5.41, 5.74) is 2.18. The lowest BCUT2D eigenvalue weighted by atomic mass is 9.90. The summed E-state index contributed by atoms with van der Waals surface area (Å²) in [6, 6.07) is 14.2. The Hall–Kier alpha value is -2.57. The lowest BCUT2D eigenvalue weighted by Gasteiger charge is -2.38. The van der Waals surface area contributed by atoms with Crippen LogP contribution in [0.5, 0.6) is 11.5 Å². The molecule has 0 saturated carbocycles. The molecule has 1 aliphatic heterocycles. The number of rotatable bonds is 6. The Balaban J connectivity index is 1.88. The molecule has 1 saturated heterocycles. The normalized spacial score (nSPS) is 18.5. The Morgan fingerprint density at radius 2 is 1.97 bits per heavy atom. The van der Waals surface area contributed by atoms with Gasteiger partial charge in [-0.1, -0.05) is 30.3 Å². The first kappa shape index (κ1) is 19.7. The maximum atomic E-state index is 11.7. The number of carboxylic acid groups (broad SMARTS) is 1. The highest BCUT2D eigenvalue weighted by Gasteiger charge is 2.34. The summed E-state index contributed by atoms with van der Waals surface area (Å²) in [6.07, 6.45) is 1.58. The zero-order chi connectivity index (χ0) is 20.4. The third-order valence-electron chi connectivity index (χ3n) is 5.70. The van der Waals surface area contributed by atoms with Gasteiger partial charge in [-0.2, -0.15) is 0 Å². The molecule has 2 aromatic carbocycles. The van der Waals surface area contributed by atoms with E-state index in [2.05, 4.69) is 34.5 Å². The van der Waals surface area contributed by atoms with E-state index >= 15 is 0 Å². The number of thiophene rings is 1. The number of ether oxygens (including phenoxy) is 2. The number of para-hydroxylation sites is 1. The van der Waals surface area contributed by atoms with E-state index in [0.717, 1.165) is 24.9 Å². The fraction of sp³-hybridized carbons (Fsp3) is 0.348. The number of carboxylic acids is 1. The minimum atomic E-state index is -0.721. The van der Waals surface area contributed by atoms with Crippen molar-refractivity contribution >= 4 is 27.4 Å². The van der Waals surface area contributed by atoms with Crippen LogP contribution in [0.3, 0.4) is 0 Å². The molecule has 1 aromatic heterocycles. The van der Waals surface area contributed by atoms with Crippen molar-refractivity contribution in [2.45, 2.75) is 18.9 Å². The molecule has 2 heterocycles. The predicted octanol–water partition coefficient (Wildman–Crippen LogP) is 4.80. The van der Waals surface area contributed by atoms with E-state index in [9.17, 15) is 9.90 Å². The van der Waals surface area contributed by atoms with Gasteiger partial charge in [0.2, 0.25) is 0 Å². The number of nitrogens with zero attached hydrogens (tertiary/aromatic N) is 1. The molecule has 1 N–H and O–H groups in total. The number of carbonyl (C=O) groups is 1. The second-order valence-corrected chi connectivity index (χ2v) is 8.26. The van der Waals surface area contributed by atoms with Crippen molar-refractivity contribution in [3.8, 4) is 11.5 Å². The first-order valence-corrected chi connectivity index (χ1v) is 10.7. The number of likely N-dealkylation sites (tertiary alicyclic amines) is 1. The van der Waals surface area contributed by atoms with Gasteiger partial charge in [-0.25, -0.2) is 0 Å². The van der Waals surface area contributed by atoms with Crippen molar-refractivity contribution in [2.24, 2.45) is 5.92 Å². The highest BCUT2D eigenvalue weighted by Crippen LogP contribution is 2.44. The molecule has 2 unspecified atom stereocenters. The maximum absolute atomic E-state index is 11.7. The molecule has 0 amide bonds. The van der Waals surface area contributed by atoms with E-state index in [4.69, 9.17) is 9.47 Å². The molecule has 4 rings (SSSR count). The van der Waals surface area contributed by atoms with Crippen LogP contribution in [0, 0.1) is 5.92 Å². The molecule has 1 fully saturated rings. The zero-order valence-electron chi connectivity index (χ0n) is 16.6. The molecule has 2 atom stereocenters. The second kappa shape index (κ2) is 8.43. The molecular weight excluding hydrogens is 386 g/mol. The lowest BCUT2D eigenvalue weighted by Crippen LogP contribution is -2.41. The number of hydrogen-bond donors (Lipinski definition) is 1. The first-order chi connectivity index (χ1) is 14.1.